The van der Waals surface area contributed by atoms with Gasteiger partial charge in [-0.15, -0.1) is 0 Å². The molecule has 0 aromatic heterocycles. The van der Waals surface area contributed by atoms with Crippen LogP contribution in [0.25, 0.3) is 0 Å². The summed E-state index contributed by atoms with van der Waals surface area (Å²) < 4.78 is 10.9. The first-order chi connectivity index (χ1) is 17.2. The number of hydrogen-bond donors (Lipinski definition) is 0. The molecule has 4 aliphatic carbocycles. The second kappa shape index (κ2) is 9.85. The van der Waals surface area contributed by atoms with Crippen molar-refractivity contribution in [3.05, 3.63) is 41.5 Å². The molecule has 0 spiro atoms. The summed E-state index contributed by atoms with van der Waals surface area (Å²) in [4.78, 5) is 25.2. The van der Waals surface area contributed by atoms with Gasteiger partial charge in [0.15, 0.2) is 5.12 Å². The van der Waals surface area contributed by atoms with Crippen molar-refractivity contribution < 1.29 is 19.1 Å². The van der Waals surface area contributed by atoms with Gasteiger partial charge in [0.05, 0.1) is 7.11 Å². The van der Waals surface area contributed by atoms with Crippen molar-refractivity contribution in [3.8, 4) is 5.75 Å². The number of fused-ring (bicyclic) bond motifs is 5. The molecule has 0 amide bonds. The normalized spacial score (nSPS) is 38.1. The number of carbonyl (C=O) groups excluding carboxylic acids is 2. The average Bonchev–Trinajstić information content (AvgIpc) is 3.21. The molecule has 1 aromatic carbocycles. The molecule has 5 rings (SSSR count). The Bertz CT molecular complexity index is 1030. The van der Waals surface area contributed by atoms with Gasteiger partial charge in [-0.05, 0) is 98.1 Å². The Kier molecular flexibility index (Phi) is 7.08. The van der Waals surface area contributed by atoms with Crippen LogP contribution in [0.5, 0.6) is 5.75 Å². The number of carbonyl (C=O) groups is 2. The van der Waals surface area contributed by atoms with Gasteiger partial charge < -0.3 is 9.47 Å². The molecule has 3 fully saturated rings. The lowest BCUT2D eigenvalue weighted by Gasteiger charge is -2.58. The number of ether oxygens (including phenoxy) is 2. The topological polar surface area (TPSA) is 52.6 Å². The number of esters is 1. The zero-order chi connectivity index (χ0) is 25.7. The van der Waals surface area contributed by atoms with Gasteiger partial charge >= 0.3 is 5.97 Å². The van der Waals surface area contributed by atoms with Crippen LogP contribution in [-0.4, -0.2) is 24.3 Å². The molecule has 0 bridgehead atoms. The Balaban J connectivity index is 1.29. The van der Waals surface area contributed by atoms with E-state index < -0.39 is 0 Å². The van der Waals surface area contributed by atoms with Crippen LogP contribution < -0.4 is 4.74 Å². The molecule has 0 radical (unpaired) electrons. The van der Waals surface area contributed by atoms with E-state index >= 15 is 0 Å². The third kappa shape index (κ3) is 4.44. The summed E-state index contributed by atoms with van der Waals surface area (Å²) in [6.07, 6.45) is 11.2. The first kappa shape index (κ1) is 25.9. The van der Waals surface area contributed by atoms with Gasteiger partial charge in [-0.2, -0.15) is 0 Å². The standard InChI is InChI=1S/C31H42O4S/c1-19(21-6-9-23(34-5)10-7-21)36-29(33)28-13-12-26-25-11-8-22-18-24(35-20(2)32)14-16-30(22,3)27(25)15-17-31(26,28)4/h6-10,19,24-28H,11-18H2,1-5H3/t19-,24-,25-,26-,27-,28+,30-,31-/m0/s1. The van der Waals surface area contributed by atoms with Crippen LogP contribution in [0.4, 0.5) is 0 Å². The van der Waals surface area contributed by atoms with Crippen LogP contribution in [0.1, 0.15) is 89.9 Å². The third-order valence-corrected chi connectivity index (χ3v) is 11.7. The minimum Gasteiger partial charge on any atom is -0.497 e. The van der Waals surface area contributed by atoms with Gasteiger partial charge in [0.1, 0.15) is 11.9 Å². The lowest BCUT2D eigenvalue weighted by atomic mass is 9.47. The largest absolute Gasteiger partial charge is 0.497 e. The summed E-state index contributed by atoms with van der Waals surface area (Å²) in [6.45, 7) is 8.58. The minimum absolute atomic E-state index is 0.0467. The maximum atomic E-state index is 13.7. The van der Waals surface area contributed by atoms with E-state index in [2.05, 4.69) is 39.0 Å². The van der Waals surface area contributed by atoms with E-state index in [1.54, 1.807) is 7.11 Å². The lowest BCUT2D eigenvalue weighted by Crippen LogP contribution is -2.51. The van der Waals surface area contributed by atoms with Gasteiger partial charge in [-0.25, -0.2) is 0 Å². The van der Waals surface area contributed by atoms with Crippen molar-refractivity contribution in [2.75, 3.05) is 7.11 Å². The predicted octanol–water partition coefficient (Wildman–Crippen LogP) is 7.53. The number of thioether (sulfide) groups is 1. The Morgan fingerprint density at radius 2 is 1.78 bits per heavy atom. The molecular formula is C31H42O4S. The zero-order valence-electron chi connectivity index (χ0n) is 22.5. The highest BCUT2D eigenvalue weighted by Crippen LogP contribution is 2.67. The molecule has 4 nitrogen and oxygen atoms in total. The SMILES string of the molecule is COc1ccc([C@H](C)SC(=O)[C@H]2CC[C@H]3[C@@H]4CC=C5C[C@@H](OC(C)=O)CC[C@]5(C)[C@H]4CC[C@]23C)cc1. The summed E-state index contributed by atoms with van der Waals surface area (Å²) in [5, 5.41) is 0.538. The van der Waals surface area contributed by atoms with Crippen LogP contribution in [0.2, 0.25) is 0 Å². The molecule has 0 aliphatic heterocycles. The smallest absolute Gasteiger partial charge is 0.302 e. The molecular weight excluding hydrogens is 468 g/mol. The third-order valence-electron chi connectivity index (χ3n) is 10.6. The quantitative estimate of drug-likeness (QED) is 0.303. The zero-order valence-corrected chi connectivity index (χ0v) is 23.4. The van der Waals surface area contributed by atoms with Crippen molar-refractivity contribution in [2.24, 2.45) is 34.5 Å². The second-order valence-electron chi connectivity index (χ2n) is 12.3. The maximum Gasteiger partial charge on any atom is 0.302 e. The molecule has 36 heavy (non-hydrogen) atoms. The van der Waals surface area contributed by atoms with E-state index in [0.717, 1.165) is 44.3 Å². The first-order valence-electron chi connectivity index (χ1n) is 13.9. The second-order valence-corrected chi connectivity index (χ2v) is 13.6. The molecule has 4 aliphatic rings. The van der Waals surface area contributed by atoms with Gasteiger partial charge in [-0.1, -0.05) is 49.4 Å². The molecule has 3 saturated carbocycles. The van der Waals surface area contributed by atoms with Crippen molar-refractivity contribution in [1.29, 1.82) is 0 Å². The monoisotopic (exact) mass is 510 g/mol. The summed E-state index contributed by atoms with van der Waals surface area (Å²) in [5.74, 6) is 2.84. The van der Waals surface area contributed by atoms with Crippen LogP contribution in [0, 0.1) is 34.5 Å². The molecule has 0 N–H and O–H groups in total. The Hall–Kier alpha value is -1.75. The Morgan fingerprint density at radius 3 is 2.47 bits per heavy atom. The van der Waals surface area contributed by atoms with Crippen LogP contribution in [-0.2, 0) is 14.3 Å². The van der Waals surface area contributed by atoms with E-state index in [1.165, 1.54) is 42.7 Å². The fraction of sp³-hybridized carbons (Fsp3) is 0.677. The van der Waals surface area contributed by atoms with Crippen molar-refractivity contribution in [2.45, 2.75) is 90.4 Å². The molecule has 196 valence electrons. The Labute approximate surface area is 221 Å². The van der Waals surface area contributed by atoms with E-state index in [-0.39, 0.29) is 34.1 Å². The highest BCUT2D eigenvalue weighted by Gasteiger charge is 2.60. The molecule has 5 heteroatoms. The first-order valence-corrected chi connectivity index (χ1v) is 14.7. The summed E-state index contributed by atoms with van der Waals surface area (Å²) in [7, 11) is 1.68. The fourth-order valence-electron chi connectivity index (χ4n) is 8.55. The van der Waals surface area contributed by atoms with Crippen LogP contribution in [0.3, 0.4) is 0 Å². The number of hydrogen-bond acceptors (Lipinski definition) is 5. The lowest BCUT2D eigenvalue weighted by molar-refractivity contribution is -0.148. The van der Waals surface area contributed by atoms with Gasteiger partial charge in [0.25, 0.3) is 0 Å². The molecule has 0 saturated heterocycles. The number of allylic oxidation sites excluding steroid dienone is 1. The Morgan fingerprint density at radius 1 is 1.03 bits per heavy atom. The molecule has 1 aromatic rings. The van der Waals surface area contributed by atoms with Gasteiger partial charge in [0, 0.05) is 24.5 Å². The van der Waals surface area contributed by atoms with Crippen LogP contribution in [0.15, 0.2) is 35.9 Å². The van der Waals surface area contributed by atoms with Crippen molar-refractivity contribution in [3.63, 3.8) is 0 Å². The molecule has 8 atom stereocenters. The van der Waals surface area contributed by atoms with E-state index in [1.807, 2.05) is 12.1 Å². The minimum atomic E-state index is -0.160. The van der Waals surface area contributed by atoms with Gasteiger partial charge in [-0.3, -0.25) is 9.59 Å². The summed E-state index contributed by atoms with van der Waals surface area (Å²) >= 11 is 1.54. The number of methoxy groups -OCH3 is 1. The average molecular weight is 511 g/mol. The molecule has 0 unspecified atom stereocenters. The fourth-order valence-corrected chi connectivity index (χ4v) is 9.74. The van der Waals surface area contributed by atoms with Crippen molar-refractivity contribution in [1.82, 2.24) is 0 Å². The summed E-state index contributed by atoms with van der Waals surface area (Å²) in [5.41, 5.74) is 3.04. The molecule has 0 heterocycles. The predicted molar refractivity (Wildman–Crippen MR) is 145 cm³/mol. The summed E-state index contributed by atoms with van der Waals surface area (Å²) in [6, 6.07) is 8.13. The van der Waals surface area contributed by atoms with Gasteiger partial charge in [0.2, 0.25) is 0 Å². The van der Waals surface area contributed by atoms with Crippen LogP contribution >= 0.6 is 11.8 Å². The maximum absolute atomic E-state index is 13.7. The van der Waals surface area contributed by atoms with E-state index in [9.17, 15) is 9.59 Å². The van der Waals surface area contributed by atoms with E-state index in [0.29, 0.717) is 22.9 Å². The van der Waals surface area contributed by atoms with Crippen molar-refractivity contribution >= 4 is 22.8 Å². The highest BCUT2D eigenvalue weighted by molar-refractivity contribution is 8.13. The number of rotatable bonds is 5. The highest BCUT2D eigenvalue weighted by atomic mass is 32.2. The number of benzene rings is 1. The van der Waals surface area contributed by atoms with E-state index in [4.69, 9.17) is 9.47 Å².